The Kier molecular flexibility index (Phi) is 15.2. The van der Waals surface area contributed by atoms with Gasteiger partial charge in [0.25, 0.3) is 21.8 Å². The topological polar surface area (TPSA) is 149 Å². The summed E-state index contributed by atoms with van der Waals surface area (Å²) < 4.78 is 41.9. The Hall–Kier alpha value is -4.63. The number of carbonyl (C=O) groups is 3. The lowest BCUT2D eigenvalue weighted by atomic mass is 9.87. The van der Waals surface area contributed by atoms with E-state index in [0.29, 0.717) is 67.5 Å². The molecule has 60 heavy (non-hydrogen) atoms. The quantitative estimate of drug-likeness (QED) is 0.0620. The second-order valence-corrected chi connectivity index (χ2v) is 17.4. The van der Waals surface area contributed by atoms with Crippen LogP contribution >= 0.6 is 23.2 Å². The first-order valence-electron chi connectivity index (χ1n) is 20.3. The van der Waals surface area contributed by atoms with Crippen molar-refractivity contribution >= 4 is 61.6 Å². The molecule has 2 heterocycles. The second kappa shape index (κ2) is 20.3. The molecule has 0 fully saturated rings. The van der Waals surface area contributed by atoms with Crippen LogP contribution in [0.25, 0.3) is 16.5 Å². The van der Waals surface area contributed by atoms with E-state index in [4.69, 9.17) is 37.8 Å². The third-order valence-corrected chi connectivity index (χ3v) is 12.8. The summed E-state index contributed by atoms with van der Waals surface area (Å²) in [6, 6.07) is 19.4. The van der Waals surface area contributed by atoms with Gasteiger partial charge in [-0.15, -0.1) is 0 Å². The molecule has 1 atom stereocenters. The predicted molar refractivity (Wildman–Crippen MR) is 234 cm³/mol. The zero-order valence-electron chi connectivity index (χ0n) is 34.4. The van der Waals surface area contributed by atoms with Crippen molar-refractivity contribution in [3.8, 4) is 5.69 Å². The van der Waals surface area contributed by atoms with Crippen LogP contribution in [0.4, 0.5) is 0 Å². The van der Waals surface area contributed by atoms with E-state index >= 15 is 0 Å². The van der Waals surface area contributed by atoms with E-state index in [2.05, 4.69) is 23.9 Å². The van der Waals surface area contributed by atoms with E-state index in [0.717, 1.165) is 48.6 Å². The molecule has 318 valence electrons. The number of nitrogens with zero attached hydrogens (tertiary/aromatic N) is 3. The number of benzene rings is 4. The van der Waals surface area contributed by atoms with Gasteiger partial charge in [0, 0.05) is 73.1 Å². The number of rotatable bonds is 19. The molecule has 4 aromatic carbocycles. The van der Waals surface area contributed by atoms with Crippen molar-refractivity contribution in [2.75, 3.05) is 40.0 Å². The van der Waals surface area contributed by atoms with Crippen LogP contribution in [0.15, 0.2) is 77.7 Å². The van der Waals surface area contributed by atoms with Crippen LogP contribution in [0, 0.1) is 6.92 Å². The molecule has 2 amide bonds. The van der Waals surface area contributed by atoms with Gasteiger partial charge in [-0.25, -0.2) is 17.8 Å². The summed E-state index contributed by atoms with van der Waals surface area (Å²) in [4.78, 5) is 44.5. The van der Waals surface area contributed by atoms with Crippen LogP contribution in [-0.2, 0) is 32.5 Å². The molecule has 0 spiro atoms. The van der Waals surface area contributed by atoms with E-state index in [1.165, 1.54) is 35.0 Å². The van der Waals surface area contributed by atoms with Gasteiger partial charge in [0.2, 0.25) is 0 Å². The number of nitrogens with one attached hydrogen (secondary N) is 2. The molecule has 0 bridgehead atoms. The number of aromatic nitrogens is 2. The summed E-state index contributed by atoms with van der Waals surface area (Å²) in [5, 5.41) is 9.97. The van der Waals surface area contributed by atoms with Crippen molar-refractivity contribution in [2.45, 2.75) is 76.8 Å². The molecule has 6 rings (SSSR count). The smallest absolute Gasteiger partial charge is 0.275 e. The molecule has 5 aromatic rings. The first kappa shape index (κ1) is 44.9. The van der Waals surface area contributed by atoms with Crippen molar-refractivity contribution in [3.63, 3.8) is 0 Å². The van der Waals surface area contributed by atoms with Crippen LogP contribution < -0.4 is 10.0 Å². The molecule has 12 nitrogen and oxygen atoms in total. The number of ketones is 1. The second-order valence-electron chi connectivity index (χ2n) is 14.9. The van der Waals surface area contributed by atoms with Crippen LogP contribution in [0.3, 0.4) is 0 Å². The number of fused-ring (bicyclic) bond motifs is 2. The van der Waals surface area contributed by atoms with Crippen molar-refractivity contribution in [1.29, 1.82) is 0 Å². The van der Waals surface area contributed by atoms with E-state index in [1.807, 2.05) is 12.1 Å². The van der Waals surface area contributed by atoms with Crippen LogP contribution in [0.1, 0.15) is 99.5 Å². The van der Waals surface area contributed by atoms with Crippen LogP contribution in [0.2, 0.25) is 10.0 Å². The highest BCUT2D eigenvalue weighted by Crippen LogP contribution is 2.31. The summed E-state index contributed by atoms with van der Waals surface area (Å²) in [6.45, 7) is 9.00. The molecule has 1 aliphatic rings. The molecule has 0 aliphatic carbocycles. The molecule has 1 aliphatic heterocycles. The van der Waals surface area contributed by atoms with Gasteiger partial charge in [-0.1, -0.05) is 86.3 Å². The maximum absolute atomic E-state index is 15.0. The number of halogens is 2. The number of hydrogen-bond donors (Lipinski definition) is 2. The SMILES string of the molecule is CCCCN(CCCC)C(=O)c1nn(-c2ccc(C(=O)NS(=O)(=O)c3ccc4cccc(Cl)c4c3)cc2C(=O)c2cccc3c2CC(COCCCOC)NC3)c(C)c1Cl. The largest absolute Gasteiger partial charge is 0.385 e. The minimum Gasteiger partial charge on any atom is -0.385 e. The molecular formula is C45H51Cl2N5O7S. The molecular weight excluding hydrogens is 825 g/mol. The van der Waals surface area contributed by atoms with Crippen molar-refractivity contribution < 1.29 is 32.3 Å². The lowest BCUT2D eigenvalue weighted by molar-refractivity contribution is 0.0744. The normalized spacial score (nSPS) is 13.9. The molecule has 1 unspecified atom stereocenters. The first-order valence-corrected chi connectivity index (χ1v) is 22.5. The summed E-state index contributed by atoms with van der Waals surface area (Å²) in [7, 11) is -2.73. The standard InChI is InChI=1S/C45H51Cl2N5O7S/c1-5-7-20-51(21-8-6-2)45(55)42-41(47)29(3)52(49-42)40-19-17-31(44(54)50-60(56,57)34-18-16-30-12-10-15-39(46)37(30)26-34)24-38(40)43(53)35-14-9-13-32-27-48-33(25-36(32)35)28-59-23-11-22-58-4/h9-10,12-19,24,26,33,48H,5-8,11,20-23,25,27-28H2,1-4H3,(H,50,54). The van der Waals surface area contributed by atoms with Gasteiger partial charge in [-0.2, -0.15) is 5.10 Å². The lowest BCUT2D eigenvalue weighted by Gasteiger charge is -2.28. The Balaban J connectivity index is 1.40. The monoisotopic (exact) mass is 875 g/mol. The third kappa shape index (κ3) is 10.1. The van der Waals surface area contributed by atoms with E-state index in [9.17, 15) is 22.8 Å². The van der Waals surface area contributed by atoms with Gasteiger partial charge in [0.05, 0.1) is 27.9 Å². The summed E-state index contributed by atoms with van der Waals surface area (Å²) in [5.41, 5.74) is 2.90. The number of amides is 2. The Bertz CT molecular complexity index is 2480. The Morgan fingerprint density at radius 2 is 1.68 bits per heavy atom. The summed E-state index contributed by atoms with van der Waals surface area (Å²) in [5.74, 6) is -1.68. The van der Waals surface area contributed by atoms with Gasteiger partial charge in [0.15, 0.2) is 11.5 Å². The van der Waals surface area contributed by atoms with Gasteiger partial charge < -0.3 is 19.7 Å². The number of ether oxygens (including phenoxy) is 2. The van der Waals surface area contributed by atoms with Crippen molar-refractivity contribution in [1.82, 2.24) is 24.7 Å². The van der Waals surface area contributed by atoms with Crippen LogP contribution in [-0.4, -0.2) is 86.8 Å². The van der Waals surface area contributed by atoms with Gasteiger partial charge in [-0.3, -0.25) is 14.4 Å². The Morgan fingerprint density at radius 3 is 2.42 bits per heavy atom. The number of sulfonamides is 1. The number of methoxy groups -OCH3 is 1. The fraction of sp³-hybridized carbons (Fsp3) is 0.378. The molecule has 0 radical (unpaired) electrons. The van der Waals surface area contributed by atoms with Crippen molar-refractivity contribution in [2.24, 2.45) is 0 Å². The predicted octanol–water partition coefficient (Wildman–Crippen LogP) is 8.10. The van der Waals surface area contributed by atoms with E-state index in [-0.39, 0.29) is 44.4 Å². The zero-order valence-corrected chi connectivity index (χ0v) is 36.7. The lowest BCUT2D eigenvalue weighted by Crippen LogP contribution is -2.40. The Labute approximate surface area is 361 Å². The van der Waals surface area contributed by atoms with Gasteiger partial charge in [0.1, 0.15) is 0 Å². The minimum absolute atomic E-state index is 0.0553. The zero-order chi connectivity index (χ0) is 43.0. The number of carbonyl (C=O) groups excluding carboxylic acids is 3. The molecule has 1 aromatic heterocycles. The van der Waals surface area contributed by atoms with E-state index < -0.39 is 21.7 Å². The maximum atomic E-state index is 15.0. The fourth-order valence-electron chi connectivity index (χ4n) is 7.30. The highest BCUT2D eigenvalue weighted by Gasteiger charge is 2.30. The van der Waals surface area contributed by atoms with E-state index in [1.54, 1.807) is 49.3 Å². The molecule has 2 N–H and O–H groups in total. The first-order chi connectivity index (χ1) is 28.9. The average Bonchev–Trinajstić information content (AvgIpc) is 3.55. The van der Waals surface area contributed by atoms with Crippen LogP contribution in [0.5, 0.6) is 0 Å². The number of unbranched alkanes of at least 4 members (excludes halogenated alkanes) is 2. The molecule has 0 saturated carbocycles. The molecule has 0 saturated heterocycles. The third-order valence-electron chi connectivity index (χ3n) is 10.7. The highest BCUT2D eigenvalue weighted by atomic mass is 35.5. The highest BCUT2D eigenvalue weighted by molar-refractivity contribution is 7.90. The average molecular weight is 877 g/mol. The Morgan fingerprint density at radius 1 is 0.933 bits per heavy atom. The van der Waals surface area contributed by atoms with Gasteiger partial charge in [-0.05, 0) is 85.5 Å². The summed E-state index contributed by atoms with van der Waals surface area (Å²) >= 11 is 13.2. The summed E-state index contributed by atoms with van der Waals surface area (Å²) in [6.07, 6.45) is 4.70. The fourth-order valence-corrected chi connectivity index (χ4v) is 8.74. The van der Waals surface area contributed by atoms with Gasteiger partial charge >= 0.3 is 0 Å². The molecule has 15 heteroatoms. The number of hydrogen-bond acceptors (Lipinski definition) is 9. The minimum atomic E-state index is -4.38. The maximum Gasteiger partial charge on any atom is 0.275 e. The van der Waals surface area contributed by atoms with Crippen molar-refractivity contribution in [3.05, 3.63) is 122 Å².